The van der Waals surface area contributed by atoms with Crippen LogP contribution in [0.25, 0.3) is 0 Å². The molecule has 0 atom stereocenters. The monoisotopic (exact) mass is 449 g/mol. The van der Waals surface area contributed by atoms with Crippen molar-refractivity contribution in [3.05, 3.63) is 48.0 Å². The predicted octanol–water partition coefficient (Wildman–Crippen LogP) is 3.61. The number of amides is 3. The number of fused-ring (bicyclic) bond motifs is 1. The minimum atomic E-state index is -0.561. The molecule has 2 heterocycles. The van der Waals surface area contributed by atoms with E-state index >= 15 is 0 Å². The van der Waals surface area contributed by atoms with E-state index in [9.17, 15) is 14.4 Å². The second-order valence-electron chi connectivity index (χ2n) is 8.76. The summed E-state index contributed by atoms with van der Waals surface area (Å²) < 4.78 is 12.2. The van der Waals surface area contributed by atoms with Crippen LogP contribution in [0.5, 0.6) is 11.5 Å². The molecule has 8 heteroatoms. The zero-order chi connectivity index (χ0) is 22.8. The summed E-state index contributed by atoms with van der Waals surface area (Å²) in [5.74, 6) is 0.177. The van der Waals surface area contributed by atoms with Crippen molar-refractivity contribution in [2.45, 2.75) is 50.7 Å². The highest BCUT2D eigenvalue weighted by molar-refractivity contribution is 6.00. The number of hydrogen-bond donors (Lipinski definition) is 2. The van der Waals surface area contributed by atoms with Crippen LogP contribution in [-0.2, 0) is 9.59 Å². The minimum absolute atomic E-state index is 0.0984. The van der Waals surface area contributed by atoms with Crippen molar-refractivity contribution < 1.29 is 23.9 Å². The fourth-order valence-electron chi connectivity index (χ4n) is 4.65. The zero-order valence-electron chi connectivity index (χ0n) is 18.4. The molecule has 0 aromatic heterocycles. The molecule has 2 aromatic carbocycles. The lowest BCUT2D eigenvalue weighted by atomic mass is 9.94. The van der Waals surface area contributed by atoms with Crippen LogP contribution in [0, 0.1) is 0 Å². The number of carbonyl (C=O) groups is 3. The van der Waals surface area contributed by atoms with Gasteiger partial charge in [-0.25, -0.2) is 0 Å². The van der Waals surface area contributed by atoms with Gasteiger partial charge < -0.3 is 25.0 Å². The third kappa shape index (κ3) is 4.51. The number of rotatable bonds is 5. The Bertz CT molecular complexity index is 1080. The first-order chi connectivity index (χ1) is 16.0. The molecule has 2 aromatic rings. The van der Waals surface area contributed by atoms with Crippen molar-refractivity contribution >= 4 is 29.1 Å². The summed E-state index contributed by atoms with van der Waals surface area (Å²) in [6.07, 6.45) is 6.49. The topological polar surface area (TPSA) is 97.0 Å². The molecule has 5 rings (SSSR count). The highest BCUT2D eigenvalue weighted by Crippen LogP contribution is 2.46. The summed E-state index contributed by atoms with van der Waals surface area (Å²) in [4.78, 5) is 38.3. The minimum Gasteiger partial charge on any atom is -0.448 e. The predicted molar refractivity (Wildman–Crippen MR) is 123 cm³/mol. The molecule has 1 aliphatic carbocycles. The first-order valence-corrected chi connectivity index (χ1v) is 11.5. The van der Waals surface area contributed by atoms with Gasteiger partial charge in [0, 0.05) is 48.8 Å². The number of hydrogen-bond acceptors (Lipinski definition) is 5. The van der Waals surface area contributed by atoms with Crippen LogP contribution >= 0.6 is 0 Å². The Balaban J connectivity index is 1.13. The highest BCUT2D eigenvalue weighted by atomic mass is 16.7. The lowest BCUT2D eigenvalue weighted by Gasteiger charge is -2.31. The van der Waals surface area contributed by atoms with Crippen LogP contribution < -0.4 is 25.0 Å². The molecule has 3 amide bonds. The Morgan fingerprint density at radius 1 is 0.939 bits per heavy atom. The fraction of sp³-hybridized carbons (Fsp3) is 0.400. The zero-order valence-corrected chi connectivity index (χ0v) is 18.4. The second kappa shape index (κ2) is 8.77. The van der Waals surface area contributed by atoms with E-state index in [2.05, 4.69) is 10.6 Å². The maximum Gasteiger partial charge on any atom is 0.251 e. The van der Waals surface area contributed by atoms with E-state index in [0.717, 1.165) is 37.8 Å². The van der Waals surface area contributed by atoms with Crippen molar-refractivity contribution in [1.82, 2.24) is 5.32 Å². The normalized spacial score (nSPS) is 18.4. The lowest BCUT2D eigenvalue weighted by Crippen LogP contribution is -2.40. The Labute approximate surface area is 192 Å². The van der Waals surface area contributed by atoms with Crippen LogP contribution in [0.4, 0.5) is 11.4 Å². The van der Waals surface area contributed by atoms with Crippen molar-refractivity contribution in [3.63, 3.8) is 0 Å². The van der Waals surface area contributed by atoms with Gasteiger partial charge in [0.15, 0.2) is 11.5 Å². The second-order valence-corrected chi connectivity index (χ2v) is 8.76. The molecular formula is C25H27N3O5. The Morgan fingerprint density at radius 2 is 1.70 bits per heavy atom. The Kier molecular flexibility index (Phi) is 5.66. The van der Waals surface area contributed by atoms with E-state index in [-0.39, 0.29) is 24.3 Å². The third-order valence-electron chi connectivity index (χ3n) is 6.36. The SMILES string of the molecule is O=C(CNC(=O)c1ccc(N2CCCC2=O)cc1)Nc1ccc2c(c1)OC1(CCCCC1)O2. The average Bonchev–Trinajstić information content (AvgIpc) is 3.40. The van der Waals surface area contributed by atoms with Gasteiger partial charge in [-0.15, -0.1) is 0 Å². The van der Waals surface area contributed by atoms with Crippen LogP contribution in [0.15, 0.2) is 42.5 Å². The van der Waals surface area contributed by atoms with Gasteiger partial charge in [0.1, 0.15) is 0 Å². The maximum atomic E-state index is 12.4. The molecule has 1 spiro atoms. The number of carbonyl (C=O) groups excluding carboxylic acids is 3. The van der Waals surface area contributed by atoms with E-state index in [0.29, 0.717) is 35.7 Å². The fourth-order valence-corrected chi connectivity index (χ4v) is 4.65. The van der Waals surface area contributed by atoms with E-state index < -0.39 is 5.79 Å². The maximum absolute atomic E-state index is 12.4. The van der Waals surface area contributed by atoms with Crippen LogP contribution in [0.3, 0.4) is 0 Å². The molecule has 2 fully saturated rings. The van der Waals surface area contributed by atoms with Gasteiger partial charge >= 0.3 is 0 Å². The van der Waals surface area contributed by atoms with Gasteiger partial charge in [-0.1, -0.05) is 6.42 Å². The van der Waals surface area contributed by atoms with Gasteiger partial charge in [0.05, 0.1) is 6.54 Å². The molecule has 0 radical (unpaired) electrons. The van der Waals surface area contributed by atoms with Gasteiger partial charge in [0.25, 0.3) is 11.7 Å². The summed E-state index contributed by atoms with van der Waals surface area (Å²) >= 11 is 0. The number of anilines is 2. The molecule has 2 N–H and O–H groups in total. The summed E-state index contributed by atoms with van der Waals surface area (Å²) in [6.45, 7) is 0.537. The molecule has 1 saturated carbocycles. The van der Waals surface area contributed by atoms with Gasteiger partial charge in [-0.05, 0) is 55.7 Å². The molecule has 2 aliphatic heterocycles. The van der Waals surface area contributed by atoms with Crippen LogP contribution in [0.2, 0.25) is 0 Å². The van der Waals surface area contributed by atoms with Gasteiger partial charge in [-0.2, -0.15) is 0 Å². The van der Waals surface area contributed by atoms with Crippen LogP contribution in [0.1, 0.15) is 55.3 Å². The van der Waals surface area contributed by atoms with Crippen molar-refractivity contribution in [2.75, 3.05) is 23.3 Å². The molecule has 8 nitrogen and oxygen atoms in total. The van der Waals surface area contributed by atoms with Gasteiger partial charge in [0.2, 0.25) is 11.8 Å². The van der Waals surface area contributed by atoms with Crippen LogP contribution in [-0.4, -0.2) is 36.6 Å². The van der Waals surface area contributed by atoms with Crippen molar-refractivity contribution in [2.24, 2.45) is 0 Å². The summed E-state index contributed by atoms with van der Waals surface area (Å²) in [5, 5.41) is 5.42. The number of ether oxygens (including phenoxy) is 2. The lowest BCUT2D eigenvalue weighted by molar-refractivity contribution is -0.117. The first kappa shape index (κ1) is 21.3. The van der Waals surface area contributed by atoms with E-state index in [4.69, 9.17) is 9.47 Å². The van der Waals surface area contributed by atoms with E-state index in [1.807, 2.05) is 0 Å². The molecule has 3 aliphatic rings. The smallest absolute Gasteiger partial charge is 0.251 e. The first-order valence-electron chi connectivity index (χ1n) is 11.5. The van der Waals surface area contributed by atoms with E-state index in [1.165, 1.54) is 6.42 Å². The number of nitrogens with zero attached hydrogens (tertiary/aromatic N) is 1. The standard InChI is InChI=1S/C25H27N3O5/c29-22(16-26-24(31)17-6-9-19(10-7-17)28-14-4-5-23(28)30)27-18-8-11-20-21(15-18)33-25(32-20)12-2-1-3-13-25/h6-11,15H,1-5,12-14,16H2,(H,26,31)(H,27,29). The number of nitrogens with one attached hydrogen (secondary N) is 2. The molecule has 0 bridgehead atoms. The summed E-state index contributed by atoms with van der Waals surface area (Å²) in [5.41, 5.74) is 1.80. The van der Waals surface area contributed by atoms with Crippen molar-refractivity contribution in [3.8, 4) is 11.5 Å². The van der Waals surface area contributed by atoms with Crippen molar-refractivity contribution in [1.29, 1.82) is 0 Å². The van der Waals surface area contributed by atoms with E-state index in [1.54, 1.807) is 47.4 Å². The molecule has 172 valence electrons. The van der Waals surface area contributed by atoms with Gasteiger partial charge in [-0.3, -0.25) is 14.4 Å². The molecule has 33 heavy (non-hydrogen) atoms. The number of benzene rings is 2. The third-order valence-corrected chi connectivity index (χ3v) is 6.36. The Morgan fingerprint density at radius 3 is 2.42 bits per heavy atom. The summed E-state index contributed by atoms with van der Waals surface area (Å²) in [6, 6.07) is 12.2. The molecular weight excluding hydrogens is 422 g/mol. The largest absolute Gasteiger partial charge is 0.448 e. The quantitative estimate of drug-likeness (QED) is 0.727. The molecule has 1 saturated heterocycles. The average molecular weight is 450 g/mol. The summed E-state index contributed by atoms with van der Waals surface area (Å²) in [7, 11) is 0. The Hall–Kier alpha value is -3.55. The highest BCUT2D eigenvalue weighted by Gasteiger charge is 2.42. The molecule has 0 unspecified atom stereocenters.